The number of fused-ring (bicyclic) bond motifs is 5. The Kier molecular flexibility index (Phi) is 6.73. The Balaban J connectivity index is 1.44. The minimum absolute atomic E-state index is 0.0514. The SMILES string of the molecule is O=C(O)CNC(=O)[C@H](Cc1ccccc1)NC(=O)[C@@H]1Cc2c(sc3ccccc23)[C@H]2CCCC(=O)N21. The normalized spacial score (nSPS) is 19.8. The molecule has 1 fully saturated rings. The van der Waals surface area contributed by atoms with Crippen LogP contribution in [-0.2, 0) is 32.0 Å². The molecule has 0 saturated carbocycles. The summed E-state index contributed by atoms with van der Waals surface area (Å²) in [6, 6.07) is 15.4. The number of carbonyl (C=O) groups excluding carboxylic acids is 3. The Morgan fingerprint density at radius 3 is 2.61 bits per heavy atom. The zero-order valence-corrected chi connectivity index (χ0v) is 20.4. The Bertz CT molecular complexity index is 1320. The number of nitrogens with one attached hydrogen (secondary N) is 2. The lowest BCUT2D eigenvalue weighted by Gasteiger charge is -2.44. The van der Waals surface area contributed by atoms with Gasteiger partial charge in [0, 0.05) is 28.8 Å². The maximum atomic E-state index is 13.7. The molecule has 2 aromatic carbocycles. The van der Waals surface area contributed by atoms with E-state index < -0.39 is 36.4 Å². The van der Waals surface area contributed by atoms with Crippen LogP contribution in [0.4, 0.5) is 0 Å². The van der Waals surface area contributed by atoms with Crippen LogP contribution in [0.1, 0.15) is 41.3 Å². The average Bonchev–Trinajstić information content (AvgIpc) is 3.26. The van der Waals surface area contributed by atoms with Gasteiger partial charge in [0.05, 0.1) is 6.04 Å². The summed E-state index contributed by atoms with van der Waals surface area (Å²) in [5, 5.41) is 15.3. The molecule has 3 N–H and O–H groups in total. The molecule has 1 saturated heterocycles. The molecule has 1 aromatic heterocycles. The van der Waals surface area contributed by atoms with Crippen molar-refractivity contribution < 1.29 is 24.3 Å². The molecule has 0 radical (unpaired) electrons. The van der Waals surface area contributed by atoms with Crippen LogP contribution in [0, 0.1) is 0 Å². The molecular formula is C27H27N3O5S. The fourth-order valence-corrected chi connectivity index (χ4v) is 6.63. The van der Waals surface area contributed by atoms with Crippen LogP contribution in [0.5, 0.6) is 0 Å². The Morgan fingerprint density at radius 1 is 1.08 bits per heavy atom. The molecule has 8 nitrogen and oxygen atoms in total. The predicted octanol–water partition coefficient (Wildman–Crippen LogP) is 2.81. The van der Waals surface area contributed by atoms with Crippen LogP contribution in [0.2, 0.25) is 0 Å². The average molecular weight is 506 g/mol. The molecule has 0 unspecified atom stereocenters. The highest BCUT2D eigenvalue weighted by molar-refractivity contribution is 7.19. The van der Waals surface area contributed by atoms with Crippen molar-refractivity contribution in [3.63, 3.8) is 0 Å². The Morgan fingerprint density at radius 2 is 1.83 bits per heavy atom. The summed E-state index contributed by atoms with van der Waals surface area (Å²) in [5.74, 6) is -2.19. The fraction of sp³-hybridized carbons (Fsp3) is 0.333. The third kappa shape index (κ3) is 4.70. The molecule has 3 amide bonds. The number of hydrogen-bond acceptors (Lipinski definition) is 5. The van der Waals surface area contributed by atoms with Gasteiger partial charge in [-0.15, -0.1) is 11.3 Å². The van der Waals surface area contributed by atoms with Gasteiger partial charge < -0.3 is 20.6 Å². The number of benzene rings is 2. The van der Waals surface area contributed by atoms with E-state index in [0.717, 1.165) is 38.9 Å². The van der Waals surface area contributed by atoms with Gasteiger partial charge in [-0.3, -0.25) is 19.2 Å². The number of carboxylic acid groups (broad SMARTS) is 1. The molecule has 0 bridgehead atoms. The van der Waals surface area contributed by atoms with Crippen molar-refractivity contribution in [2.45, 2.75) is 50.2 Å². The van der Waals surface area contributed by atoms with Crippen LogP contribution < -0.4 is 10.6 Å². The Hall–Kier alpha value is -3.72. The van der Waals surface area contributed by atoms with Gasteiger partial charge in [0.25, 0.3) is 0 Å². The van der Waals surface area contributed by atoms with E-state index in [1.165, 1.54) is 0 Å². The van der Waals surface area contributed by atoms with Crippen LogP contribution in [-0.4, -0.2) is 52.3 Å². The quantitative estimate of drug-likeness (QED) is 0.457. The number of hydrogen-bond donors (Lipinski definition) is 3. The minimum Gasteiger partial charge on any atom is -0.480 e. The van der Waals surface area contributed by atoms with Crippen LogP contribution in [0.15, 0.2) is 54.6 Å². The summed E-state index contributed by atoms with van der Waals surface area (Å²) in [5.41, 5.74) is 1.93. The van der Waals surface area contributed by atoms with E-state index in [4.69, 9.17) is 5.11 Å². The molecule has 0 spiro atoms. The first-order chi connectivity index (χ1) is 17.4. The maximum absolute atomic E-state index is 13.7. The van der Waals surface area contributed by atoms with Crippen molar-refractivity contribution in [3.05, 3.63) is 70.6 Å². The smallest absolute Gasteiger partial charge is 0.322 e. The monoisotopic (exact) mass is 505 g/mol. The van der Waals surface area contributed by atoms with E-state index in [-0.39, 0.29) is 18.4 Å². The molecule has 2 aliphatic rings. The molecule has 3 aromatic rings. The molecule has 3 atom stereocenters. The van der Waals surface area contributed by atoms with Gasteiger partial charge in [0.15, 0.2) is 0 Å². The number of nitrogens with zero attached hydrogens (tertiary/aromatic N) is 1. The third-order valence-corrected chi connectivity index (χ3v) is 8.20. The summed E-state index contributed by atoms with van der Waals surface area (Å²) < 4.78 is 1.14. The van der Waals surface area contributed by atoms with Crippen molar-refractivity contribution in [1.29, 1.82) is 0 Å². The standard InChI is InChI=1S/C27H27N3O5S/c31-23-12-6-10-20-25-18(17-9-4-5-11-22(17)36-25)14-21(30(20)23)27(35)29-19(26(34)28-15-24(32)33)13-16-7-2-1-3-8-16/h1-5,7-9,11,19-21H,6,10,12-15H2,(H,28,34)(H,29,35)(H,32,33)/t19-,20+,21-/m0/s1. The second-order valence-corrected chi connectivity index (χ2v) is 10.3. The Labute approximate surface area is 212 Å². The highest BCUT2D eigenvalue weighted by Crippen LogP contribution is 2.46. The van der Waals surface area contributed by atoms with E-state index in [1.54, 1.807) is 16.2 Å². The lowest BCUT2D eigenvalue weighted by molar-refractivity contribution is -0.147. The molecule has 36 heavy (non-hydrogen) atoms. The summed E-state index contributed by atoms with van der Waals surface area (Å²) in [4.78, 5) is 53.5. The number of carboxylic acids is 1. The van der Waals surface area contributed by atoms with Crippen molar-refractivity contribution in [2.24, 2.45) is 0 Å². The molecule has 5 rings (SSSR count). The van der Waals surface area contributed by atoms with E-state index in [1.807, 2.05) is 42.5 Å². The summed E-state index contributed by atoms with van der Waals surface area (Å²) >= 11 is 1.69. The molecular weight excluding hydrogens is 478 g/mol. The number of carbonyl (C=O) groups is 4. The van der Waals surface area contributed by atoms with Gasteiger partial charge in [-0.25, -0.2) is 0 Å². The van der Waals surface area contributed by atoms with Gasteiger partial charge in [-0.05, 0) is 35.4 Å². The van der Waals surface area contributed by atoms with Crippen LogP contribution in [0.3, 0.4) is 0 Å². The van der Waals surface area contributed by atoms with Crippen molar-refractivity contribution in [2.75, 3.05) is 6.54 Å². The van der Waals surface area contributed by atoms with E-state index >= 15 is 0 Å². The van der Waals surface area contributed by atoms with E-state index in [2.05, 4.69) is 22.8 Å². The van der Waals surface area contributed by atoms with Gasteiger partial charge in [-0.1, -0.05) is 48.5 Å². The first kappa shape index (κ1) is 24.0. The number of rotatable bonds is 7. The van der Waals surface area contributed by atoms with Gasteiger partial charge in [0.1, 0.15) is 18.6 Å². The zero-order valence-electron chi connectivity index (χ0n) is 19.6. The highest BCUT2D eigenvalue weighted by atomic mass is 32.1. The van der Waals surface area contributed by atoms with Crippen LogP contribution >= 0.6 is 11.3 Å². The number of thiophene rings is 1. The van der Waals surface area contributed by atoms with Crippen molar-refractivity contribution >= 4 is 45.1 Å². The van der Waals surface area contributed by atoms with E-state index in [0.29, 0.717) is 12.8 Å². The van der Waals surface area contributed by atoms with Crippen molar-refractivity contribution in [1.82, 2.24) is 15.5 Å². The lowest BCUT2D eigenvalue weighted by Crippen LogP contribution is -2.59. The second kappa shape index (κ2) is 10.1. The zero-order chi connectivity index (χ0) is 25.2. The second-order valence-electron chi connectivity index (χ2n) is 9.23. The summed E-state index contributed by atoms with van der Waals surface area (Å²) in [6.45, 7) is -0.541. The first-order valence-electron chi connectivity index (χ1n) is 12.1. The van der Waals surface area contributed by atoms with Gasteiger partial charge in [0.2, 0.25) is 17.7 Å². The largest absolute Gasteiger partial charge is 0.480 e. The number of amides is 3. The molecule has 3 heterocycles. The lowest BCUT2D eigenvalue weighted by atomic mass is 9.86. The first-order valence-corrected chi connectivity index (χ1v) is 12.9. The molecule has 9 heteroatoms. The third-order valence-electron chi connectivity index (χ3n) is 6.89. The highest BCUT2D eigenvalue weighted by Gasteiger charge is 2.44. The van der Waals surface area contributed by atoms with Gasteiger partial charge >= 0.3 is 5.97 Å². The van der Waals surface area contributed by atoms with Gasteiger partial charge in [-0.2, -0.15) is 0 Å². The van der Waals surface area contributed by atoms with Crippen molar-refractivity contribution in [3.8, 4) is 0 Å². The van der Waals surface area contributed by atoms with Crippen LogP contribution in [0.25, 0.3) is 10.1 Å². The predicted molar refractivity (Wildman–Crippen MR) is 135 cm³/mol. The summed E-state index contributed by atoms with van der Waals surface area (Å²) in [6.07, 6.45) is 2.54. The molecule has 186 valence electrons. The number of aliphatic carboxylic acids is 1. The maximum Gasteiger partial charge on any atom is 0.322 e. The molecule has 2 aliphatic heterocycles. The van der Waals surface area contributed by atoms with E-state index in [9.17, 15) is 19.2 Å². The summed E-state index contributed by atoms with van der Waals surface area (Å²) in [7, 11) is 0. The fourth-order valence-electron chi connectivity index (χ4n) is 5.26. The number of piperidine rings is 1. The molecule has 0 aliphatic carbocycles. The topological polar surface area (TPSA) is 116 Å². The minimum atomic E-state index is -1.17.